The summed E-state index contributed by atoms with van der Waals surface area (Å²) in [6.45, 7) is 2.51. The van der Waals surface area contributed by atoms with Gasteiger partial charge in [-0.1, -0.05) is 30.3 Å². The average molecular weight is 453 g/mol. The molecule has 1 aromatic carbocycles. The minimum absolute atomic E-state index is 0. The molecule has 25 heavy (non-hydrogen) atoms. The minimum Gasteiger partial charge on any atom is -0.356 e. The number of hydrogen-bond acceptors (Lipinski definition) is 3. The predicted octanol–water partition coefficient (Wildman–Crippen LogP) is 2.67. The Kier molecular flexibility index (Phi) is 10.1. The predicted molar refractivity (Wildman–Crippen MR) is 115 cm³/mol. The van der Waals surface area contributed by atoms with E-state index >= 15 is 0 Å². The fourth-order valence-electron chi connectivity index (χ4n) is 2.46. The van der Waals surface area contributed by atoms with Crippen molar-refractivity contribution < 1.29 is 0 Å². The van der Waals surface area contributed by atoms with Gasteiger partial charge in [0.15, 0.2) is 5.96 Å². The van der Waals surface area contributed by atoms with Gasteiger partial charge in [-0.2, -0.15) is 0 Å². The average Bonchev–Trinajstić information content (AvgIpc) is 2.58. The molecule has 0 aliphatic carbocycles. The van der Waals surface area contributed by atoms with Gasteiger partial charge in [0.1, 0.15) is 0 Å². The third-order valence-electron chi connectivity index (χ3n) is 3.57. The SMILES string of the molecule is CN=C(NCCc1ccccn1)NCc1cccc(CN(C)C)c1.I. The quantitative estimate of drug-likeness (QED) is 0.385. The van der Waals surface area contributed by atoms with Crippen molar-refractivity contribution in [1.82, 2.24) is 20.5 Å². The van der Waals surface area contributed by atoms with E-state index in [1.165, 1.54) is 11.1 Å². The smallest absolute Gasteiger partial charge is 0.191 e. The van der Waals surface area contributed by atoms with E-state index in [-0.39, 0.29) is 24.0 Å². The van der Waals surface area contributed by atoms with E-state index in [0.717, 1.165) is 37.7 Å². The van der Waals surface area contributed by atoms with E-state index in [1.807, 2.05) is 24.4 Å². The van der Waals surface area contributed by atoms with Crippen molar-refractivity contribution >= 4 is 29.9 Å². The molecular formula is C19H28IN5. The molecule has 0 aliphatic heterocycles. The number of aliphatic imine (C=N–C) groups is 1. The summed E-state index contributed by atoms with van der Waals surface area (Å²) in [6.07, 6.45) is 2.70. The first-order valence-corrected chi connectivity index (χ1v) is 8.24. The zero-order chi connectivity index (χ0) is 17.2. The molecule has 0 spiro atoms. The molecule has 0 saturated carbocycles. The van der Waals surface area contributed by atoms with Gasteiger partial charge < -0.3 is 15.5 Å². The molecule has 5 nitrogen and oxygen atoms in total. The molecule has 136 valence electrons. The van der Waals surface area contributed by atoms with Crippen LogP contribution in [0.2, 0.25) is 0 Å². The van der Waals surface area contributed by atoms with Crippen LogP contribution in [-0.2, 0) is 19.5 Å². The van der Waals surface area contributed by atoms with E-state index in [0.29, 0.717) is 0 Å². The van der Waals surface area contributed by atoms with Crippen LogP contribution < -0.4 is 10.6 Å². The van der Waals surface area contributed by atoms with Crippen molar-refractivity contribution in [1.29, 1.82) is 0 Å². The maximum absolute atomic E-state index is 4.32. The molecule has 0 aliphatic rings. The summed E-state index contributed by atoms with van der Waals surface area (Å²) in [5.41, 5.74) is 3.65. The van der Waals surface area contributed by atoms with Crippen LogP contribution in [-0.4, -0.2) is 43.5 Å². The van der Waals surface area contributed by atoms with E-state index in [4.69, 9.17) is 0 Å². The molecule has 2 aromatic rings. The summed E-state index contributed by atoms with van der Waals surface area (Å²) >= 11 is 0. The minimum atomic E-state index is 0. The number of benzene rings is 1. The van der Waals surface area contributed by atoms with Crippen LogP contribution in [0.3, 0.4) is 0 Å². The Hall–Kier alpha value is -1.67. The second-order valence-corrected chi connectivity index (χ2v) is 5.98. The molecule has 0 saturated heterocycles. The lowest BCUT2D eigenvalue weighted by atomic mass is 10.1. The van der Waals surface area contributed by atoms with Crippen LogP contribution in [0, 0.1) is 0 Å². The number of nitrogens with zero attached hydrogens (tertiary/aromatic N) is 3. The highest BCUT2D eigenvalue weighted by Crippen LogP contribution is 2.06. The summed E-state index contributed by atoms with van der Waals surface area (Å²) in [5.74, 6) is 0.809. The van der Waals surface area contributed by atoms with E-state index in [9.17, 15) is 0 Å². The number of pyridine rings is 1. The lowest BCUT2D eigenvalue weighted by Crippen LogP contribution is -2.37. The van der Waals surface area contributed by atoms with Gasteiger partial charge in [-0.3, -0.25) is 9.98 Å². The Balaban J connectivity index is 0.00000312. The highest BCUT2D eigenvalue weighted by molar-refractivity contribution is 14.0. The second kappa shape index (κ2) is 11.8. The van der Waals surface area contributed by atoms with Gasteiger partial charge in [0.2, 0.25) is 0 Å². The van der Waals surface area contributed by atoms with Gasteiger partial charge in [-0.15, -0.1) is 24.0 Å². The summed E-state index contributed by atoms with van der Waals surface area (Å²) in [7, 11) is 5.95. The highest BCUT2D eigenvalue weighted by Gasteiger charge is 2.01. The zero-order valence-electron chi connectivity index (χ0n) is 15.2. The van der Waals surface area contributed by atoms with Gasteiger partial charge >= 0.3 is 0 Å². The van der Waals surface area contributed by atoms with Crippen molar-refractivity contribution in [2.24, 2.45) is 4.99 Å². The fraction of sp³-hybridized carbons (Fsp3) is 0.368. The van der Waals surface area contributed by atoms with E-state index in [1.54, 1.807) is 7.05 Å². The second-order valence-electron chi connectivity index (χ2n) is 5.98. The summed E-state index contributed by atoms with van der Waals surface area (Å²) in [6, 6.07) is 14.6. The van der Waals surface area contributed by atoms with Gasteiger partial charge in [0.05, 0.1) is 0 Å². The molecule has 0 unspecified atom stereocenters. The monoisotopic (exact) mass is 453 g/mol. The first-order valence-electron chi connectivity index (χ1n) is 8.24. The first-order chi connectivity index (χ1) is 11.7. The van der Waals surface area contributed by atoms with Crippen molar-refractivity contribution in [3.63, 3.8) is 0 Å². The van der Waals surface area contributed by atoms with Crippen molar-refractivity contribution in [3.8, 4) is 0 Å². The molecule has 2 rings (SSSR count). The molecule has 0 amide bonds. The van der Waals surface area contributed by atoms with Crippen LogP contribution in [0.4, 0.5) is 0 Å². The Bertz CT molecular complexity index is 643. The molecule has 1 heterocycles. The fourth-order valence-corrected chi connectivity index (χ4v) is 2.46. The molecule has 2 N–H and O–H groups in total. The van der Waals surface area contributed by atoms with Crippen molar-refractivity contribution in [2.45, 2.75) is 19.5 Å². The summed E-state index contributed by atoms with van der Waals surface area (Å²) in [5, 5.41) is 6.68. The van der Waals surface area contributed by atoms with Crippen LogP contribution in [0.1, 0.15) is 16.8 Å². The van der Waals surface area contributed by atoms with Gasteiger partial charge in [0, 0.05) is 45.0 Å². The summed E-state index contributed by atoms with van der Waals surface area (Å²) < 4.78 is 0. The number of nitrogens with one attached hydrogen (secondary N) is 2. The molecule has 6 heteroatoms. The third-order valence-corrected chi connectivity index (χ3v) is 3.57. The Labute approximate surface area is 168 Å². The van der Waals surface area contributed by atoms with E-state index < -0.39 is 0 Å². The van der Waals surface area contributed by atoms with Crippen LogP contribution in [0.25, 0.3) is 0 Å². The number of halogens is 1. The summed E-state index contributed by atoms with van der Waals surface area (Å²) in [4.78, 5) is 10.8. The van der Waals surface area contributed by atoms with E-state index in [2.05, 4.69) is 63.9 Å². The number of guanidine groups is 1. The number of rotatable bonds is 7. The molecule has 0 atom stereocenters. The zero-order valence-corrected chi connectivity index (χ0v) is 17.5. The van der Waals surface area contributed by atoms with Crippen molar-refractivity contribution in [3.05, 3.63) is 65.5 Å². The normalized spacial score (nSPS) is 11.1. The maximum Gasteiger partial charge on any atom is 0.191 e. The molecule has 0 fully saturated rings. The first kappa shape index (κ1) is 21.4. The van der Waals surface area contributed by atoms with Gasteiger partial charge in [-0.25, -0.2) is 0 Å². The molecule has 0 bridgehead atoms. The van der Waals surface area contributed by atoms with Crippen LogP contribution >= 0.6 is 24.0 Å². The number of aromatic nitrogens is 1. The molecule has 1 aromatic heterocycles. The van der Waals surface area contributed by atoms with Gasteiger partial charge in [-0.05, 0) is 37.4 Å². The standard InChI is InChI=1S/C19H27N5.HI/c1-20-19(22-12-10-18-9-4-5-11-21-18)23-14-16-7-6-8-17(13-16)15-24(2)3;/h4-9,11,13H,10,12,14-15H2,1-3H3,(H2,20,22,23);1H. The Morgan fingerprint density at radius 3 is 2.56 bits per heavy atom. The topological polar surface area (TPSA) is 52.6 Å². The molecule has 0 radical (unpaired) electrons. The highest BCUT2D eigenvalue weighted by atomic mass is 127. The van der Waals surface area contributed by atoms with Gasteiger partial charge in [0.25, 0.3) is 0 Å². The Morgan fingerprint density at radius 2 is 1.88 bits per heavy atom. The van der Waals surface area contributed by atoms with Crippen LogP contribution in [0.5, 0.6) is 0 Å². The lowest BCUT2D eigenvalue weighted by molar-refractivity contribution is 0.402. The Morgan fingerprint density at radius 1 is 1.08 bits per heavy atom. The molecular weight excluding hydrogens is 425 g/mol. The third kappa shape index (κ3) is 8.31. The van der Waals surface area contributed by atoms with Crippen molar-refractivity contribution in [2.75, 3.05) is 27.7 Å². The van der Waals surface area contributed by atoms with Crippen LogP contribution in [0.15, 0.2) is 53.7 Å². The lowest BCUT2D eigenvalue weighted by Gasteiger charge is -2.13. The largest absolute Gasteiger partial charge is 0.356 e. The number of hydrogen-bond donors (Lipinski definition) is 2. The maximum atomic E-state index is 4.32.